The maximum atomic E-state index is 6.06. The lowest BCUT2D eigenvalue weighted by atomic mass is 9.84. The van der Waals surface area contributed by atoms with Crippen molar-refractivity contribution < 1.29 is 9.47 Å². The molecule has 0 amide bonds. The molecule has 2 aromatic heterocycles. The standard InChI is InChI=1S/C17H21N5O2/c1-12-5-7-18-16(19-12)24-14-6-8-23-17(9-14)10-22(11-17)15-4-3-13(2)20-21-15/h3-5,7,14H,6,8-11H2,1-2H3/t14-/m1/s1. The number of rotatable bonds is 3. The van der Waals surface area contributed by atoms with Crippen LogP contribution in [0.1, 0.15) is 24.2 Å². The van der Waals surface area contributed by atoms with Crippen LogP contribution in [-0.2, 0) is 4.74 Å². The summed E-state index contributed by atoms with van der Waals surface area (Å²) in [6.45, 7) is 6.21. The fourth-order valence-electron chi connectivity index (χ4n) is 3.31. The van der Waals surface area contributed by atoms with Crippen LogP contribution >= 0.6 is 0 Å². The van der Waals surface area contributed by atoms with Crippen LogP contribution in [0, 0.1) is 13.8 Å². The van der Waals surface area contributed by atoms with Crippen LogP contribution in [-0.4, -0.2) is 51.6 Å². The fraction of sp³-hybridized carbons (Fsp3) is 0.529. The van der Waals surface area contributed by atoms with Gasteiger partial charge in [-0.25, -0.2) is 9.97 Å². The Morgan fingerprint density at radius 1 is 1.17 bits per heavy atom. The predicted octanol–water partition coefficient (Wildman–Crippen LogP) is 1.70. The molecule has 0 aliphatic carbocycles. The summed E-state index contributed by atoms with van der Waals surface area (Å²) in [5, 5.41) is 8.36. The van der Waals surface area contributed by atoms with E-state index in [-0.39, 0.29) is 11.7 Å². The fourth-order valence-corrected chi connectivity index (χ4v) is 3.31. The summed E-state index contributed by atoms with van der Waals surface area (Å²) in [4.78, 5) is 10.7. The maximum absolute atomic E-state index is 6.06. The van der Waals surface area contributed by atoms with Crippen molar-refractivity contribution in [1.82, 2.24) is 20.2 Å². The Morgan fingerprint density at radius 3 is 2.79 bits per heavy atom. The Kier molecular flexibility index (Phi) is 3.80. The highest BCUT2D eigenvalue weighted by molar-refractivity contribution is 5.43. The van der Waals surface area contributed by atoms with Gasteiger partial charge in [0.15, 0.2) is 5.82 Å². The molecule has 126 valence electrons. The first-order chi connectivity index (χ1) is 11.6. The van der Waals surface area contributed by atoms with E-state index in [1.165, 1.54) is 0 Å². The average molecular weight is 327 g/mol. The molecular weight excluding hydrogens is 306 g/mol. The van der Waals surface area contributed by atoms with Crippen molar-refractivity contribution in [3.63, 3.8) is 0 Å². The average Bonchev–Trinajstić information content (AvgIpc) is 2.54. The first-order valence-electron chi connectivity index (χ1n) is 8.27. The zero-order valence-corrected chi connectivity index (χ0v) is 14.0. The SMILES string of the molecule is Cc1ccc(N2CC3(C[C@H](Oc4nccc(C)n4)CCO3)C2)nn1. The van der Waals surface area contributed by atoms with Gasteiger partial charge in [-0.05, 0) is 32.0 Å². The molecule has 7 heteroatoms. The summed E-state index contributed by atoms with van der Waals surface area (Å²) in [6, 6.07) is 6.31. The van der Waals surface area contributed by atoms with Gasteiger partial charge < -0.3 is 14.4 Å². The Labute approximate surface area is 141 Å². The quantitative estimate of drug-likeness (QED) is 0.849. The Balaban J connectivity index is 1.38. The van der Waals surface area contributed by atoms with Crippen molar-refractivity contribution in [1.29, 1.82) is 0 Å². The van der Waals surface area contributed by atoms with E-state index in [9.17, 15) is 0 Å². The van der Waals surface area contributed by atoms with Gasteiger partial charge in [0.25, 0.3) is 0 Å². The molecule has 0 N–H and O–H groups in total. The van der Waals surface area contributed by atoms with Gasteiger partial charge in [-0.3, -0.25) is 0 Å². The molecule has 7 nitrogen and oxygen atoms in total. The highest BCUT2D eigenvalue weighted by Gasteiger charge is 2.49. The van der Waals surface area contributed by atoms with Crippen molar-refractivity contribution in [2.75, 3.05) is 24.6 Å². The zero-order chi connectivity index (χ0) is 16.6. The van der Waals surface area contributed by atoms with Gasteiger partial charge in [-0.1, -0.05) is 0 Å². The van der Waals surface area contributed by atoms with E-state index >= 15 is 0 Å². The zero-order valence-electron chi connectivity index (χ0n) is 14.0. The van der Waals surface area contributed by atoms with Crippen molar-refractivity contribution in [2.24, 2.45) is 0 Å². The minimum absolute atomic E-state index is 0.0896. The highest BCUT2D eigenvalue weighted by Crippen LogP contribution is 2.37. The second-order valence-corrected chi connectivity index (χ2v) is 6.63. The van der Waals surface area contributed by atoms with Gasteiger partial charge in [0.1, 0.15) is 11.7 Å². The maximum Gasteiger partial charge on any atom is 0.316 e. The van der Waals surface area contributed by atoms with E-state index < -0.39 is 0 Å². The molecule has 4 heterocycles. The number of aromatic nitrogens is 4. The van der Waals surface area contributed by atoms with Gasteiger partial charge in [-0.2, -0.15) is 5.10 Å². The summed E-state index contributed by atoms with van der Waals surface area (Å²) in [5.41, 5.74) is 1.68. The minimum atomic E-state index is -0.153. The molecule has 2 saturated heterocycles. The van der Waals surface area contributed by atoms with E-state index in [2.05, 4.69) is 25.1 Å². The number of nitrogens with zero attached hydrogens (tertiary/aromatic N) is 5. The first-order valence-corrected chi connectivity index (χ1v) is 8.27. The number of ether oxygens (including phenoxy) is 2. The van der Waals surface area contributed by atoms with Crippen LogP contribution in [0.5, 0.6) is 6.01 Å². The largest absolute Gasteiger partial charge is 0.460 e. The molecule has 4 rings (SSSR count). The third-order valence-electron chi connectivity index (χ3n) is 4.56. The van der Waals surface area contributed by atoms with Gasteiger partial charge in [-0.15, -0.1) is 5.10 Å². The highest BCUT2D eigenvalue weighted by atomic mass is 16.5. The Bertz CT molecular complexity index is 715. The molecule has 1 atom stereocenters. The summed E-state index contributed by atoms with van der Waals surface area (Å²) in [6.07, 6.45) is 3.53. The smallest absolute Gasteiger partial charge is 0.316 e. The van der Waals surface area contributed by atoms with Crippen LogP contribution in [0.3, 0.4) is 0 Å². The lowest BCUT2D eigenvalue weighted by molar-refractivity contribution is -0.127. The Hall–Kier alpha value is -2.28. The summed E-state index contributed by atoms with van der Waals surface area (Å²) < 4.78 is 12.0. The topological polar surface area (TPSA) is 73.3 Å². The normalized spacial score (nSPS) is 22.2. The lowest BCUT2D eigenvalue weighted by Crippen LogP contribution is -2.66. The number of hydrogen-bond acceptors (Lipinski definition) is 7. The number of anilines is 1. The van der Waals surface area contributed by atoms with Gasteiger partial charge in [0, 0.05) is 24.7 Å². The van der Waals surface area contributed by atoms with Crippen LogP contribution in [0.25, 0.3) is 0 Å². The van der Waals surface area contributed by atoms with E-state index in [0.29, 0.717) is 12.6 Å². The van der Waals surface area contributed by atoms with Crippen LogP contribution < -0.4 is 9.64 Å². The molecule has 0 aromatic carbocycles. The summed E-state index contributed by atoms with van der Waals surface area (Å²) in [7, 11) is 0. The molecule has 1 spiro atoms. The summed E-state index contributed by atoms with van der Waals surface area (Å²) >= 11 is 0. The molecule has 0 bridgehead atoms. The van der Waals surface area contributed by atoms with E-state index in [1.807, 2.05) is 32.0 Å². The number of hydrogen-bond donors (Lipinski definition) is 0. The van der Waals surface area contributed by atoms with E-state index in [0.717, 1.165) is 43.1 Å². The minimum Gasteiger partial charge on any atom is -0.460 e. The molecule has 0 unspecified atom stereocenters. The molecule has 0 radical (unpaired) electrons. The molecule has 2 aliphatic rings. The molecule has 24 heavy (non-hydrogen) atoms. The van der Waals surface area contributed by atoms with Crippen molar-refractivity contribution in [2.45, 2.75) is 38.4 Å². The molecule has 0 saturated carbocycles. The summed E-state index contributed by atoms with van der Waals surface area (Å²) in [5.74, 6) is 0.903. The van der Waals surface area contributed by atoms with E-state index in [4.69, 9.17) is 9.47 Å². The second kappa shape index (κ2) is 5.98. The Morgan fingerprint density at radius 2 is 2.04 bits per heavy atom. The van der Waals surface area contributed by atoms with Gasteiger partial charge >= 0.3 is 6.01 Å². The lowest BCUT2D eigenvalue weighted by Gasteiger charge is -2.53. The monoisotopic (exact) mass is 327 g/mol. The van der Waals surface area contributed by atoms with Crippen molar-refractivity contribution >= 4 is 5.82 Å². The molecule has 2 aromatic rings. The van der Waals surface area contributed by atoms with Crippen LogP contribution in [0.15, 0.2) is 24.4 Å². The molecular formula is C17H21N5O2. The third kappa shape index (κ3) is 3.03. The van der Waals surface area contributed by atoms with Crippen molar-refractivity contribution in [3.05, 3.63) is 35.8 Å². The third-order valence-corrected chi connectivity index (χ3v) is 4.56. The molecule has 2 fully saturated rings. The van der Waals surface area contributed by atoms with E-state index in [1.54, 1.807) is 6.20 Å². The number of aryl methyl sites for hydroxylation is 2. The van der Waals surface area contributed by atoms with Gasteiger partial charge in [0.2, 0.25) is 0 Å². The van der Waals surface area contributed by atoms with Crippen molar-refractivity contribution in [3.8, 4) is 6.01 Å². The molecule has 2 aliphatic heterocycles. The van der Waals surface area contributed by atoms with Crippen LogP contribution in [0.4, 0.5) is 5.82 Å². The van der Waals surface area contributed by atoms with Gasteiger partial charge in [0.05, 0.1) is 25.4 Å². The van der Waals surface area contributed by atoms with Crippen LogP contribution in [0.2, 0.25) is 0 Å². The second-order valence-electron chi connectivity index (χ2n) is 6.63. The predicted molar refractivity (Wildman–Crippen MR) is 88.1 cm³/mol. The first kappa shape index (κ1) is 15.3.